The van der Waals surface area contributed by atoms with Crippen LogP contribution in [-0.4, -0.2) is 24.0 Å². The molecular weight excluding hydrogens is 263 g/mol. The second kappa shape index (κ2) is 4.94. The SMILES string of the molecule is O=NC(=O)CC1CN(c2ccnc(C(F)(F)F)c2)C1. The van der Waals surface area contributed by atoms with E-state index in [1.54, 1.807) is 4.90 Å². The van der Waals surface area contributed by atoms with Gasteiger partial charge in [0.15, 0.2) is 0 Å². The molecule has 1 saturated heterocycles. The Labute approximate surface area is 106 Å². The van der Waals surface area contributed by atoms with Gasteiger partial charge in [-0.2, -0.15) is 13.2 Å². The van der Waals surface area contributed by atoms with E-state index in [-0.39, 0.29) is 12.3 Å². The Bertz CT molecular complexity index is 498. The van der Waals surface area contributed by atoms with Crippen LogP contribution >= 0.6 is 0 Å². The van der Waals surface area contributed by atoms with Crippen LogP contribution in [-0.2, 0) is 11.0 Å². The van der Waals surface area contributed by atoms with Gasteiger partial charge in [0.2, 0.25) is 0 Å². The third kappa shape index (κ3) is 3.07. The number of carbonyl (C=O) groups excluding carboxylic acids is 1. The van der Waals surface area contributed by atoms with Gasteiger partial charge in [-0.05, 0) is 12.1 Å². The summed E-state index contributed by atoms with van der Waals surface area (Å²) >= 11 is 0. The second-order valence-electron chi connectivity index (χ2n) is 4.36. The average molecular weight is 273 g/mol. The van der Waals surface area contributed by atoms with Gasteiger partial charge in [0.1, 0.15) is 5.69 Å². The zero-order valence-electron chi connectivity index (χ0n) is 9.72. The van der Waals surface area contributed by atoms with Crippen molar-refractivity contribution in [1.82, 2.24) is 4.98 Å². The maximum atomic E-state index is 12.5. The number of carbonyl (C=O) groups is 1. The largest absolute Gasteiger partial charge is 0.433 e. The van der Waals surface area contributed by atoms with E-state index >= 15 is 0 Å². The Hall–Kier alpha value is -1.99. The zero-order valence-corrected chi connectivity index (χ0v) is 9.72. The first-order chi connectivity index (χ1) is 8.90. The first kappa shape index (κ1) is 13.4. The van der Waals surface area contributed by atoms with Gasteiger partial charge in [-0.3, -0.25) is 9.78 Å². The lowest BCUT2D eigenvalue weighted by Crippen LogP contribution is -2.47. The fourth-order valence-corrected chi connectivity index (χ4v) is 1.97. The summed E-state index contributed by atoms with van der Waals surface area (Å²) in [6.07, 6.45) is -3.33. The van der Waals surface area contributed by atoms with Gasteiger partial charge in [0.05, 0.1) is 0 Å². The molecule has 0 spiro atoms. The van der Waals surface area contributed by atoms with E-state index in [1.165, 1.54) is 6.07 Å². The molecule has 1 fully saturated rings. The standard InChI is InChI=1S/C11H10F3N3O2/c12-11(13,14)9-4-8(1-2-15-9)17-5-7(6-17)3-10(18)16-19/h1-2,4,7H,3,5-6H2. The van der Waals surface area contributed by atoms with E-state index in [4.69, 9.17) is 0 Å². The topological polar surface area (TPSA) is 62.6 Å². The number of rotatable bonds is 3. The first-order valence-electron chi connectivity index (χ1n) is 5.54. The summed E-state index contributed by atoms with van der Waals surface area (Å²) in [4.78, 5) is 25.7. The summed E-state index contributed by atoms with van der Waals surface area (Å²) in [7, 11) is 0. The van der Waals surface area contributed by atoms with E-state index in [1.807, 2.05) is 0 Å². The van der Waals surface area contributed by atoms with Crippen LogP contribution in [0.3, 0.4) is 0 Å². The molecule has 0 aromatic carbocycles. The molecule has 0 unspecified atom stereocenters. The van der Waals surface area contributed by atoms with E-state index in [9.17, 15) is 22.9 Å². The summed E-state index contributed by atoms with van der Waals surface area (Å²) in [5.41, 5.74) is -0.538. The molecule has 0 radical (unpaired) electrons. The summed E-state index contributed by atoms with van der Waals surface area (Å²) in [5.74, 6) is -0.761. The molecular formula is C11H10F3N3O2. The number of aromatic nitrogens is 1. The normalized spacial score (nSPS) is 16.1. The number of hydrogen-bond donors (Lipinski definition) is 0. The number of halogens is 3. The Morgan fingerprint density at radius 3 is 2.74 bits per heavy atom. The highest BCUT2D eigenvalue weighted by molar-refractivity contribution is 5.77. The van der Waals surface area contributed by atoms with Crippen LogP contribution < -0.4 is 4.90 Å². The van der Waals surface area contributed by atoms with Gasteiger partial charge in [-0.15, -0.1) is 4.91 Å². The number of nitrogens with zero attached hydrogens (tertiary/aromatic N) is 3. The van der Waals surface area contributed by atoms with Crippen molar-refractivity contribution in [1.29, 1.82) is 0 Å². The first-order valence-corrected chi connectivity index (χ1v) is 5.54. The second-order valence-corrected chi connectivity index (χ2v) is 4.36. The van der Waals surface area contributed by atoms with E-state index < -0.39 is 17.8 Å². The number of anilines is 1. The molecule has 0 bridgehead atoms. The molecule has 1 aromatic heterocycles. The minimum Gasteiger partial charge on any atom is -0.371 e. The molecule has 19 heavy (non-hydrogen) atoms. The predicted molar refractivity (Wildman–Crippen MR) is 60.4 cm³/mol. The quantitative estimate of drug-likeness (QED) is 0.792. The highest BCUT2D eigenvalue weighted by Gasteiger charge is 2.34. The number of amides is 1. The van der Waals surface area contributed by atoms with Crippen molar-refractivity contribution in [2.75, 3.05) is 18.0 Å². The van der Waals surface area contributed by atoms with E-state index in [0.29, 0.717) is 18.8 Å². The van der Waals surface area contributed by atoms with Crippen molar-refractivity contribution >= 4 is 11.6 Å². The van der Waals surface area contributed by atoms with Crippen LogP contribution in [0, 0.1) is 10.8 Å². The van der Waals surface area contributed by atoms with Crippen molar-refractivity contribution in [3.05, 3.63) is 28.9 Å². The predicted octanol–water partition coefficient (Wildman–Crippen LogP) is 2.22. The lowest BCUT2D eigenvalue weighted by molar-refractivity contribution is -0.141. The fourth-order valence-electron chi connectivity index (χ4n) is 1.97. The molecule has 1 aliphatic heterocycles. The van der Waals surface area contributed by atoms with Gasteiger partial charge in [0, 0.05) is 42.5 Å². The van der Waals surface area contributed by atoms with Crippen LogP contribution in [0.15, 0.2) is 23.5 Å². The molecule has 8 heteroatoms. The van der Waals surface area contributed by atoms with Crippen molar-refractivity contribution in [2.24, 2.45) is 11.1 Å². The summed E-state index contributed by atoms with van der Waals surface area (Å²) in [6.45, 7) is 0.866. The minimum atomic E-state index is -4.47. The van der Waals surface area contributed by atoms with E-state index in [2.05, 4.69) is 10.2 Å². The molecule has 102 valence electrons. The van der Waals surface area contributed by atoms with Crippen molar-refractivity contribution in [3.63, 3.8) is 0 Å². The molecule has 0 atom stereocenters. The van der Waals surface area contributed by atoms with Gasteiger partial charge in [-0.1, -0.05) is 0 Å². The van der Waals surface area contributed by atoms with Crippen molar-refractivity contribution in [3.8, 4) is 0 Å². The molecule has 0 aliphatic carbocycles. The molecule has 0 N–H and O–H groups in total. The summed E-state index contributed by atoms with van der Waals surface area (Å²) in [6, 6.07) is 2.45. The van der Waals surface area contributed by atoms with Crippen LogP contribution in [0.2, 0.25) is 0 Å². The minimum absolute atomic E-state index is 0.0345. The van der Waals surface area contributed by atoms with Gasteiger partial charge in [-0.25, -0.2) is 0 Å². The molecule has 2 rings (SSSR count). The number of alkyl halides is 3. The maximum Gasteiger partial charge on any atom is 0.433 e. The Morgan fingerprint density at radius 2 is 2.16 bits per heavy atom. The summed E-state index contributed by atoms with van der Waals surface area (Å²) in [5, 5.41) is 2.29. The Kier molecular flexibility index (Phi) is 3.50. The van der Waals surface area contributed by atoms with Crippen LogP contribution in [0.5, 0.6) is 0 Å². The Morgan fingerprint density at radius 1 is 1.47 bits per heavy atom. The number of hydrogen-bond acceptors (Lipinski definition) is 4. The molecule has 1 aliphatic rings. The highest BCUT2D eigenvalue weighted by Crippen LogP contribution is 2.32. The lowest BCUT2D eigenvalue weighted by Gasteiger charge is -2.40. The van der Waals surface area contributed by atoms with Gasteiger partial charge < -0.3 is 4.90 Å². The molecule has 5 nitrogen and oxygen atoms in total. The molecule has 1 aromatic rings. The van der Waals surface area contributed by atoms with Gasteiger partial charge >= 0.3 is 6.18 Å². The molecule has 0 saturated carbocycles. The van der Waals surface area contributed by atoms with Crippen molar-refractivity contribution < 1.29 is 18.0 Å². The average Bonchev–Trinajstić information content (AvgIpc) is 2.32. The third-order valence-electron chi connectivity index (χ3n) is 2.92. The van der Waals surface area contributed by atoms with Crippen LogP contribution in [0.25, 0.3) is 0 Å². The number of pyridine rings is 1. The smallest absolute Gasteiger partial charge is 0.371 e. The number of nitroso groups, excluding NO2 is 1. The summed E-state index contributed by atoms with van der Waals surface area (Å²) < 4.78 is 37.4. The molecule has 1 amide bonds. The monoisotopic (exact) mass is 273 g/mol. The van der Waals surface area contributed by atoms with Crippen LogP contribution in [0.4, 0.5) is 18.9 Å². The van der Waals surface area contributed by atoms with Crippen LogP contribution in [0.1, 0.15) is 12.1 Å². The third-order valence-corrected chi connectivity index (χ3v) is 2.92. The fraction of sp³-hybridized carbons (Fsp3) is 0.455. The zero-order chi connectivity index (χ0) is 14.0. The lowest BCUT2D eigenvalue weighted by atomic mass is 9.95. The highest BCUT2D eigenvalue weighted by atomic mass is 19.4. The Balaban J connectivity index is 1.98. The van der Waals surface area contributed by atoms with Gasteiger partial charge in [0.25, 0.3) is 5.91 Å². The van der Waals surface area contributed by atoms with Crippen molar-refractivity contribution in [2.45, 2.75) is 12.6 Å². The van der Waals surface area contributed by atoms with E-state index in [0.717, 1.165) is 12.3 Å². The maximum absolute atomic E-state index is 12.5. The molecule has 2 heterocycles.